The molecule has 4 nitrogen and oxygen atoms in total. The number of hydrogen-bond donors (Lipinski definition) is 1. The zero-order chi connectivity index (χ0) is 15.5. The summed E-state index contributed by atoms with van der Waals surface area (Å²) in [6, 6.07) is 4.96. The van der Waals surface area contributed by atoms with Gasteiger partial charge in [-0.15, -0.1) is 0 Å². The fourth-order valence-corrected chi connectivity index (χ4v) is 2.27. The molecule has 1 aromatic rings. The number of hydrogen-bond acceptors (Lipinski definition) is 3. The first-order valence-electron chi connectivity index (χ1n) is 6.66. The molecule has 0 aromatic heterocycles. The molecule has 0 spiro atoms. The maximum absolute atomic E-state index is 12.8. The molecule has 0 aliphatic carbocycles. The summed E-state index contributed by atoms with van der Waals surface area (Å²) in [4.78, 5) is 13.8. The van der Waals surface area contributed by atoms with Gasteiger partial charge in [-0.2, -0.15) is 13.2 Å². The second-order valence-electron chi connectivity index (χ2n) is 5.01. The summed E-state index contributed by atoms with van der Waals surface area (Å²) >= 11 is 0. The van der Waals surface area contributed by atoms with Crippen molar-refractivity contribution in [1.29, 1.82) is 0 Å². The van der Waals surface area contributed by atoms with E-state index in [9.17, 15) is 18.0 Å². The smallest absolute Gasteiger partial charge is 0.376 e. The van der Waals surface area contributed by atoms with Crippen molar-refractivity contribution < 1.29 is 22.7 Å². The van der Waals surface area contributed by atoms with Crippen LogP contribution in [-0.2, 0) is 15.7 Å². The van der Waals surface area contributed by atoms with Crippen LogP contribution in [0.25, 0.3) is 0 Å². The molecule has 2 rings (SSSR count). The number of carbonyl (C=O) groups is 1. The Bertz CT molecular complexity index is 505. The maximum Gasteiger partial charge on any atom is 0.418 e. The number of anilines is 1. The lowest BCUT2D eigenvalue weighted by molar-refractivity contribution is -0.137. The highest BCUT2D eigenvalue weighted by Gasteiger charge is 2.33. The molecule has 0 unspecified atom stereocenters. The molecule has 1 heterocycles. The minimum absolute atomic E-state index is 0.0222. The van der Waals surface area contributed by atoms with Crippen molar-refractivity contribution in [3.63, 3.8) is 0 Å². The predicted molar refractivity (Wildman–Crippen MR) is 71.9 cm³/mol. The van der Waals surface area contributed by atoms with Crippen molar-refractivity contribution in [2.24, 2.45) is 0 Å². The number of alkyl halides is 3. The average molecular weight is 302 g/mol. The zero-order valence-electron chi connectivity index (χ0n) is 11.6. The topological polar surface area (TPSA) is 41.6 Å². The molecule has 7 heteroatoms. The molecule has 116 valence electrons. The SMILES string of the molecule is C[C@@H]1CN(CC(=O)Nc2ccccc2C(F)(F)F)CCO1. The molecule has 0 saturated carbocycles. The Hall–Kier alpha value is -1.60. The predicted octanol–water partition coefficient (Wildman–Crippen LogP) is 2.36. The van der Waals surface area contributed by atoms with Gasteiger partial charge in [-0.3, -0.25) is 9.69 Å². The Morgan fingerprint density at radius 3 is 2.81 bits per heavy atom. The van der Waals surface area contributed by atoms with Crippen LogP contribution in [0.3, 0.4) is 0 Å². The normalized spacial score (nSPS) is 20.3. The Balaban J connectivity index is 2.00. The second-order valence-corrected chi connectivity index (χ2v) is 5.01. The number of amides is 1. The lowest BCUT2D eigenvalue weighted by Gasteiger charge is -2.30. The number of morpholine rings is 1. The maximum atomic E-state index is 12.8. The lowest BCUT2D eigenvalue weighted by Crippen LogP contribution is -2.44. The molecular formula is C14H17F3N2O2. The Morgan fingerprint density at radius 1 is 1.43 bits per heavy atom. The van der Waals surface area contributed by atoms with E-state index in [4.69, 9.17) is 4.74 Å². The van der Waals surface area contributed by atoms with Crippen molar-refractivity contribution in [3.05, 3.63) is 29.8 Å². The van der Waals surface area contributed by atoms with Crippen LogP contribution >= 0.6 is 0 Å². The van der Waals surface area contributed by atoms with E-state index >= 15 is 0 Å². The molecule has 21 heavy (non-hydrogen) atoms. The van der Waals surface area contributed by atoms with Crippen molar-refractivity contribution in [2.45, 2.75) is 19.2 Å². The number of benzene rings is 1. The first-order chi connectivity index (χ1) is 9.86. The largest absolute Gasteiger partial charge is 0.418 e. The van der Waals surface area contributed by atoms with Crippen molar-refractivity contribution >= 4 is 11.6 Å². The minimum Gasteiger partial charge on any atom is -0.376 e. The fraction of sp³-hybridized carbons (Fsp3) is 0.500. The molecule has 1 aromatic carbocycles. The summed E-state index contributed by atoms with van der Waals surface area (Å²) in [6.45, 7) is 3.66. The van der Waals surface area contributed by atoms with Gasteiger partial charge in [0.25, 0.3) is 0 Å². The Kier molecular flexibility index (Phi) is 4.84. The second kappa shape index (κ2) is 6.44. The zero-order valence-corrected chi connectivity index (χ0v) is 11.6. The molecule has 0 radical (unpaired) electrons. The number of halogens is 3. The summed E-state index contributed by atoms with van der Waals surface area (Å²) in [5, 5.41) is 2.34. The van der Waals surface area contributed by atoms with Crippen molar-refractivity contribution in [1.82, 2.24) is 4.90 Å². The van der Waals surface area contributed by atoms with Crippen LogP contribution in [0, 0.1) is 0 Å². The highest BCUT2D eigenvalue weighted by molar-refractivity contribution is 5.93. The molecule has 1 atom stereocenters. The van der Waals surface area contributed by atoms with Gasteiger partial charge in [0.15, 0.2) is 0 Å². The van der Waals surface area contributed by atoms with Gasteiger partial charge >= 0.3 is 6.18 Å². The third kappa shape index (κ3) is 4.44. The van der Waals surface area contributed by atoms with E-state index in [-0.39, 0.29) is 18.3 Å². The molecular weight excluding hydrogens is 285 g/mol. The molecule has 1 N–H and O–H groups in total. The van der Waals surface area contributed by atoms with E-state index < -0.39 is 17.6 Å². The molecule has 1 amide bonds. The van der Waals surface area contributed by atoms with Gasteiger partial charge in [-0.1, -0.05) is 12.1 Å². The van der Waals surface area contributed by atoms with E-state index in [1.54, 1.807) is 0 Å². The lowest BCUT2D eigenvalue weighted by atomic mass is 10.1. The third-order valence-corrected chi connectivity index (χ3v) is 3.20. The summed E-state index contributed by atoms with van der Waals surface area (Å²) in [6.07, 6.45) is -4.47. The number of ether oxygens (including phenoxy) is 1. The van der Waals surface area contributed by atoms with Crippen LogP contribution in [0.1, 0.15) is 12.5 Å². The van der Waals surface area contributed by atoms with Gasteiger partial charge in [0.05, 0.1) is 30.5 Å². The average Bonchev–Trinajstić information content (AvgIpc) is 2.37. The number of rotatable bonds is 3. The Labute approximate surface area is 120 Å². The van der Waals surface area contributed by atoms with Gasteiger partial charge < -0.3 is 10.1 Å². The first kappa shape index (κ1) is 15.8. The molecule has 1 aliphatic rings. The molecule has 1 fully saturated rings. The number of carbonyl (C=O) groups excluding carboxylic acids is 1. The van der Waals surface area contributed by atoms with E-state index in [1.165, 1.54) is 18.2 Å². The van der Waals surface area contributed by atoms with Gasteiger partial charge in [0.2, 0.25) is 5.91 Å². The summed E-state index contributed by atoms with van der Waals surface area (Å²) in [5.41, 5.74) is -1.05. The van der Waals surface area contributed by atoms with Crippen molar-refractivity contribution in [2.75, 3.05) is 31.6 Å². The van der Waals surface area contributed by atoms with Gasteiger partial charge in [-0.25, -0.2) is 0 Å². The summed E-state index contributed by atoms with van der Waals surface area (Å²) in [7, 11) is 0. The van der Waals surface area contributed by atoms with E-state index in [0.29, 0.717) is 19.7 Å². The quantitative estimate of drug-likeness (QED) is 0.932. The van der Waals surface area contributed by atoms with Gasteiger partial charge in [0, 0.05) is 13.1 Å². The van der Waals surface area contributed by atoms with Crippen LogP contribution in [-0.4, -0.2) is 43.2 Å². The van der Waals surface area contributed by atoms with E-state index in [1.807, 2.05) is 11.8 Å². The van der Waals surface area contributed by atoms with Gasteiger partial charge in [0.1, 0.15) is 0 Å². The standard InChI is InChI=1S/C14H17F3N2O2/c1-10-8-19(6-7-21-10)9-13(20)18-12-5-3-2-4-11(12)14(15,16)17/h2-5,10H,6-9H2,1H3,(H,18,20)/t10-/m1/s1. The fourth-order valence-electron chi connectivity index (χ4n) is 2.27. The van der Waals surface area contributed by atoms with Crippen LogP contribution < -0.4 is 5.32 Å². The monoisotopic (exact) mass is 302 g/mol. The van der Waals surface area contributed by atoms with E-state index in [2.05, 4.69) is 5.32 Å². The summed E-state index contributed by atoms with van der Waals surface area (Å²) in [5.74, 6) is -0.458. The van der Waals surface area contributed by atoms with E-state index in [0.717, 1.165) is 6.07 Å². The molecule has 1 saturated heterocycles. The Morgan fingerprint density at radius 2 is 2.14 bits per heavy atom. The van der Waals surface area contributed by atoms with Gasteiger partial charge in [-0.05, 0) is 19.1 Å². The van der Waals surface area contributed by atoms with Crippen LogP contribution in [0.5, 0.6) is 0 Å². The first-order valence-corrected chi connectivity index (χ1v) is 6.66. The number of nitrogens with one attached hydrogen (secondary N) is 1. The van der Waals surface area contributed by atoms with Crippen LogP contribution in [0.4, 0.5) is 18.9 Å². The van der Waals surface area contributed by atoms with Crippen LogP contribution in [0.2, 0.25) is 0 Å². The molecule has 0 bridgehead atoms. The highest BCUT2D eigenvalue weighted by Crippen LogP contribution is 2.34. The van der Waals surface area contributed by atoms with Crippen molar-refractivity contribution in [3.8, 4) is 0 Å². The minimum atomic E-state index is -4.49. The summed E-state index contributed by atoms with van der Waals surface area (Å²) < 4.78 is 43.8. The number of para-hydroxylation sites is 1. The number of nitrogens with zero attached hydrogens (tertiary/aromatic N) is 1. The third-order valence-electron chi connectivity index (χ3n) is 3.20. The molecule has 1 aliphatic heterocycles. The van der Waals surface area contributed by atoms with Crippen LogP contribution in [0.15, 0.2) is 24.3 Å². The highest BCUT2D eigenvalue weighted by atomic mass is 19.4.